The molecule has 1 aliphatic rings. The van der Waals surface area contributed by atoms with Crippen LogP contribution in [0.3, 0.4) is 0 Å². The quantitative estimate of drug-likeness (QED) is 0.397. The van der Waals surface area contributed by atoms with E-state index in [2.05, 4.69) is 4.79 Å². The number of alkyl halides is 3. The zero-order chi connectivity index (χ0) is 9.19. The molecule has 0 aromatic carbocycles. The Morgan fingerprint density at radius 2 is 2.00 bits per heavy atom. The third-order valence-corrected chi connectivity index (χ3v) is 1.47. The van der Waals surface area contributed by atoms with E-state index in [1.807, 2.05) is 0 Å². The highest BCUT2D eigenvalue weighted by Gasteiger charge is 2.45. The van der Waals surface area contributed by atoms with Gasteiger partial charge in [-0.2, -0.15) is 18.0 Å². The summed E-state index contributed by atoms with van der Waals surface area (Å²) < 4.78 is 36.3. The van der Waals surface area contributed by atoms with E-state index in [9.17, 15) is 13.2 Å². The fourth-order valence-corrected chi connectivity index (χ4v) is 0.904. The van der Waals surface area contributed by atoms with Crippen LogP contribution in [0.15, 0.2) is 24.3 Å². The molecular weight excluding hydrogens is 169 g/mol. The maximum Gasteiger partial charge on any atom is 0.406 e. The van der Waals surface area contributed by atoms with Gasteiger partial charge in [-0.3, -0.25) is 0 Å². The van der Waals surface area contributed by atoms with Crippen molar-refractivity contribution < 1.29 is 18.0 Å². The Morgan fingerprint density at radius 1 is 1.33 bits per heavy atom. The molecule has 0 N–H and O–H groups in total. The molecule has 0 heterocycles. The van der Waals surface area contributed by atoms with Gasteiger partial charge in [-0.15, -0.1) is 0 Å². The first-order valence-corrected chi connectivity index (χ1v) is 3.19. The number of hydrogen-bond donors (Lipinski definition) is 0. The van der Waals surface area contributed by atoms with Crippen molar-refractivity contribution in [2.24, 2.45) is 5.92 Å². The lowest BCUT2D eigenvalue weighted by Crippen LogP contribution is -2.29. The molecule has 1 aliphatic carbocycles. The van der Waals surface area contributed by atoms with Gasteiger partial charge in [-0.25, -0.2) is 0 Å². The van der Waals surface area contributed by atoms with E-state index in [0.717, 1.165) is 12.2 Å². The van der Waals surface area contributed by atoms with Crippen LogP contribution in [0.25, 0.3) is 5.53 Å². The summed E-state index contributed by atoms with van der Waals surface area (Å²) in [6, 6.07) is 0. The van der Waals surface area contributed by atoms with Gasteiger partial charge in [0.1, 0.15) is 0 Å². The summed E-state index contributed by atoms with van der Waals surface area (Å²) in [6.07, 6.45) is 0.333. The molecule has 64 valence electrons. The zero-order valence-corrected chi connectivity index (χ0v) is 5.92. The molecule has 0 bridgehead atoms. The van der Waals surface area contributed by atoms with Crippen molar-refractivity contribution in [3.63, 3.8) is 0 Å². The Labute approximate surface area is 66.6 Å². The minimum atomic E-state index is -4.39. The monoisotopic (exact) mass is 174 g/mol. The zero-order valence-electron chi connectivity index (χ0n) is 5.92. The molecule has 12 heavy (non-hydrogen) atoms. The number of halogens is 3. The van der Waals surface area contributed by atoms with E-state index in [-0.39, 0.29) is 5.71 Å². The molecule has 1 atom stereocenters. The third-order valence-electron chi connectivity index (χ3n) is 1.47. The molecule has 0 amide bonds. The molecule has 0 aromatic heterocycles. The highest BCUT2D eigenvalue weighted by molar-refractivity contribution is 5.95. The van der Waals surface area contributed by atoms with Crippen LogP contribution < -0.4 is 0 Å². The summed E-state index contributed by atoms with van der Waals surface area (Å²) in [7, 11) is 0. The van der Waals surface area contributed by atoms with E-state index >= 15 is 0 Å². The van der Waals surface area contributed by atoms with Gasteiger partial charge >= 0.3 is 11.9 Å². The van der Waals surface area contributed by atoms with Crippen LogP contribution in [0.5, 0.6) is 0 Å². The molecule has 2 nitrogen and oxygen atoms in total. The summed E-state index contributed by atoms with van der Waals surface area (Å²) in [5, 5.41) is 0. The highest BCUT2D eigenvalue weighted by Crippen LogP contribution is 2.29. The molecule has 0 saturated heterocycles. The Morgan fingerprint density at radius 3 is 2.42 bits per heavy atom. The predicted octanol–water partition coefficient (Wildman–Crippen LogP) is 1.96. The molecule has 0 spiro atoms. The molecule has 0 fully saturated rings. The largest absolute Gasteiger partial charge is 0.406 e. The lowest BCUT2D eigenvalue weighted by molar-refractivity contribution is -0.152. The topological polar surface area (TPSA) is 36.4 Å². The molecule has 1 rings (SSSR count). The van der Waals surface area contributed by atoms with Gasteiger partial charge in [-0.1, -0.05) is 18.2 Å². The van der Waals surface area contributed by atoms with Crippen molar-refractivity contribution >= 4 is 5.71 Å². The van der Waals surface area contributed by atoms with Gasteiger partial charge in [0.15, 0.2) is 5.92 Å². The van der Waals surface area contributed by atoms with E-state index in [1.54, 1.807) is 0 Å². The van der Waals surface area contributed by atoms with Crippen LogP contribution in [0.1, 0.15) is 0 Å². The second-order valence-electron chi connectivity index (χ2n) is 2.29. The summed E-state index contributed by atoms with van der Waals surface area (Å²) in [5.74, 6) is -1.78. The number of allylic oxidation sites excluding steroid dienone is 4. The summed E-state index contributed by atoms with van der Waals surface area (Å²) in [5.41, 5.74) is 7.84. The molecule has 0 aromatic rings. The first-order valence-electron chi connectivity index (χ1n) is 3.19. The van der Waals surface area contributed by atoms with Crippen LogP contribution in [0.4, 0.5) is 13.2 Å². The maximum atomic E-state index is 12.1. The van der Waals surface area contributed by atoms with E-state index in [1.165, 1.54) is 12.2 Å². The summed E-state index contributed by atoms with van der Waals surface area (Å²) >= 11 is 0. The van der Waals surface area contributed by atoms with Crippen molar-refractivity contribution in [1.82, 2.24) is 0 Å². The van der Waals surface area contributed by atoms with Crippen molar-refractivity contribution in [3.05, 3.63) is 29.8 Å². The molecule has 5 heteroatoms. The lowest BCUT2D eigenvalue weighted by Gasteiger charge is -2.12. The van der Waals surface area contributed by atoms with Crippen molar-refractivity contribution in [2.45, 2.75) is 6.18 Å². The van der Waals surface area contributed by atoms with Gasteiger partial charge in [-0.05, 0) is 0 Å². The first-order chi connectivity index (χ1) is 5.55. The Balaban J connectivity index is 2.99. The highest BCUT2D eigenvalue weighted by atomic mass is 19.4. The first kappa shape index (κ1) is 8.74. The van der Waals surface area contributed by atoms with Gasteiger partial charge in [0, 0.05) is 6.08 Å². The molecule has 1 unspecified atom stereocenters. The summed E-state index contributed by atoms with van der Waals surface area (Å²) in [4.78, 5) is 2.55. The van der Waals surface area contributed by atoms with Crippen molar-refractivity contribution in [1.29, 1.82) is 0 Å². The maximum absolute atomic E-state index is 12.1. The Hall–Kier alpha value is -1.35. The van der Waals surface area contributed by atoms with Crippen LogP contribution in [0.2, 0.25) is 0 Å². The predicted molar refractivity (Wildman–Crippen MR) is 36.5 cm³/mol. The van der Waals surface area contributed by atoms with Gasteiger partial charge in [0.25, 0.3) is 0 Å². The average Bonchev–Trinajstić information content (AvgIpc) is 2.03. The minimum Gasteiger partial charge on any atom is -0.361 e. The van der Waals surface area contributed by atoms with E-state index in [4.69, 9.17) is 5.53 Å². The fourth-order valence-electron chi connectivity index (χ4n) is 0.904. The van der Waals surface area contributed by atoms with Gasteiger partial charge in [0.05, 0.1) is 0 Å². The van der Waals surface area contributed by atoms with Crippen molar-refractivity contribution in [2.75, 3.05) is 0 Å². The Bertz CT molecular complexity index is 282. The molecule has 0 radical (unpaired) electrons. The number of hydrogen-bond acceptors (Lipinski definition) is 0. The van der Waals surface area contributed by atoms with Crippen LogP contribution >= 0.6 is 0 Å². The normalized spacial score (nSPS) is 22.6. The lowest BCUT2D eigenvalue weighted by atomic mass is 9.98. The fraction of sp³-hybridized carbons (Fsp3) is 0.286. The van der Waals surface area contributed by atoms with E-state index < -0.39 is 12.1 Å². The summed E-state index contributed by atoms with van der Waals surface area (Å²) in [6.45, 7) is 0. The van der Waals surface area contributed by atoms with E-state index in [0.29, 0.717) is 0 Å². The number of rotatable bonds is 0. The standard InChI is InChI=1S/C7H5F3N2/c8-7(9,10)5-3-1-2-4-6(5)12-11/h1-5H. The minimum absolute atomic E-state index is 0.384. The van der Waals surface area contributed by atoms with Crippen molar-refractivity contribution in [3.8, 4) is 0 Å². The second-order valence-corrected chi connectivity index (χ2v) is 2.29. The van der Waals surface area contributed by atoms with Gasteiger partial charge < -0.3 is 5.53 Å². The molecular formula is C7H5F3N2. The molecule has 0 saturated carbocycles. The second kappa shape index (κ2) is 2.95. The van der Waals surface area contributed by atoms with Crippen LogP contribution in [0, 0.1) is 5.92 Å². The van der Waals surface area contributed by atoms with Gasteiger partial charge in [0.2, 0.25) is 0 Å². The Kier molecular flexibility index (Phi) is 2.15. The smallest absolute Gasteiger partial charge is 0.361 e. The third kappa shape index (κ3) is 1.62. The molecule has 0 aliphatic heterocycles. The van der Waals surface area contributed by atoms with Crippen LogP contribution in [-0.2, 0) is 0 Å². The number of nitrogens with zero attached hydrogens (tertiary/aromatic N) is 2. The average molecular weight is 174 g/mol. The SMILES string of the molecule is [N-]=[N+]=C1C=CC=CC1C(F)(F)F. The van der Waals surface area contributed by atoms with Crippen LogP contribution in [-0.4, -0.2) is 16.7 Å².